The molecule has 27 heavy (non-hydrogen) atoms. The third-order valence-electron chi connectivity index (χ3n) is 6.10. The predicted octanol–water partition coefficient (Wildman–Crippen LogP) is 1.54. The number of hydrogen-bond donors (Lipinski definition) is 1. The van der Waals surface area contributed by atoms with Crippen LogP contribution in [0.4, 0.5) is 0 Å². The molecule has 0 unspecified atom stereocenters. The minimum Gasteiger partial charge on any atom is -0.396 e. The molecule has 0 aliphatic carbocycles. The van der Waals surface area contributed by atoms with Gasteiger partial charge in [-0.15, -0.1) is 11.3 Å². The third kappa shape index (κ3) is 5.28. The summed E-state index contributed by atoms with van der Waals surface area (Å²) in [5, 5.41) is 10.4. The molecule has 0 spiro atoms. The van der Waals surface area contributed by atoms with Crippen molar-refractivity contribution in [2.24, 2.45) is 5.92 Å². The van der Waals surface area contributed by atoms with E-state index in [9.17, 15) is 9.90 Å². The van der Waals surface area contributed by atoms with Crippen LogP contribution in [0.15, 0.2) is 0 Å². The number of rotatable bonds is 6. The zero-order valence-corrected chi connectivity index (χ0v) is 17.8. The van der Waals surface area contributed by atoms with Gasteiger partial charge < -0.3 is 14.9 Å². The maximum absolute atomic E-state index is 12.9. The highest BCUT2D eigenvalue weighted by atomic mass is 32.1. The van der Waals surface area contributed by atoms with Crippen molar-refractivity contribution in [2.45, 2.75) is 45.6 Å². The highest BCUT2D eigenvalue weighted by Crippen LogP contribution is 2.28. The smallest absolute Gasteiger partial charge is 0.227 e. The van der Waals surface area contributed by atoms with Crippen molar-refractivity contribution in [3.8, 4) is 0 Å². The van der Waals surface area contributed by atoms with Gasteiger partial charge in [-0.1, -0.05) is 0 Å². The summed E-state index contributed by atoms with van der Waals surface area (Å²) >= 11 is 1.64. The van der Waals surface area contributed by atoms with E-state index < -0.39 is 0 Å². The van der Waals surface area contributed by atoms with E-state index in [0.717, 1.165) is 74.1 Å². The Kier molecular flexibility index (Phi) is 7.25. The minimum atomic E-state index is 0.229. The van der Waals surface area contributed by atoms with Gasteiger partial charge in [0.15, 0.2) is 0 Å². The number of carbonyl (C=O) groups excluding carboxylic acids is 1. The molecule has 0 saturated carbocycles. The van der Waals surface area contributed by atoms with Gasteiger partial charge in [0.2, 0.25) is 5.91 Å². The van der Waals surface area contributed by atoms with E-state index in [1.54, 1.807) is 11.3 Å². The van der Waals surface area contributed by atoms with E-state index in [1.807, 2.05) is 13.8 Å². The maximum atomic E-state index is 12.9. The van der Waals surface area contributed by atoms with Crippen LogP contribution in [0.2, 0.25) is 0 Å². The van der Waals surface area contributed by atoms with Crippen LogP contribution in [0.3, 0.4) is 0 Å². The van der Waals surface area contributed by atoms with Crippen LogP contribution in [0.25, 0.3) is 0 Å². The van der Waals surface area contributed by atoms with Gasteiger partial charge in [0.05, 0.1) is 17.1 Å². The summed E-state index contributed by atoms with van der Waals surface area (Å²) in [6.45, 7) is 10.4. The lowest BCUT2D eigenvalue weighted by atomic mass is 9.86. The van der Waals surface area contributed by atoms with Crippen LogP contribution in [0.1, 0.15) is 34.8 Å². The summed E-state index contributed by atoms with van der Waals surface area (Å²) in [6, 6.07) is 0.543. The van der Waals surface area contributed by atoms with E-state index in [4.69, 9.17) is 0 Å². The molecule has 6 nitrogen and oxygen atoms in total. The molecule has 7 heteroatoms. The molecule has 2 atom stereocenters. The van der Waals surface area contributed by atoms with E-state index in [1.165, 1.54) is 0 Å². The fourth-order valence-corrected chi connectivity index (χ4v) is 5.43. The molecule has 0 radical (unpaired) electrons. The number of amides is 1. The molecule has 2 aliphatic rings. The highest BCUT2D eigenvalue weighted by molar-refractivity contribution is 7.11. The summed E-state index contributed by atoms with van der Waals surface area (Å²) in [7, 11) is 2.19. The Bertz CT molecular complexity index is 627. The van der Waals surface area contributed by atoms with Crippen LogP contribution in [-0.4, -0.2) is 89.7 Å². The van der Waals surface area contributed by atoms with E-state index in [-0.39, 0.29) is 12.5 Å². The number of likely N-dealkylation sites (tertiary alicyclic amines) is 1. The van der Waals surface area contributed by atoms with Gasteiger partial charge in [0, 0.05) is 56.8 Å². The van der Waals surface area contributed by atoms with Gasteiger partial charge in [-0.05, 0) is 46.1 Å². The number of piperazine rings is 1. The quantitative estimate of drug-likeness (QED) is 0.793. The second-order valence-electron chi connectivity index (χ2n) is 8.08. The lowest BCUT2D eigenvalue weighted by Crippen LogP contribution is -2.57. The average molecular weight is 395 g/mol. The summed E-state index contributed by atoms with van der Waals surface area (Å²) in [6.07, 6.45) is 3.34. The van der Waals surface area contributed by atoms with Crippen LogP contribution in [0, 0.1) is 19.8 Å². The Labute approximate surface area is 167 Å². The van der Waals surface area contributed by atoms with Gasteiger partial charge >= 0.3 is 0 Å². The molecule has 3 rings (SSSR count). The molecule has 2 fully saturated rings. The number of piperidine rings is 1. The van der Waals surface area contributed by atoms with Crippen molar-refractivity contribution in [3.63, 3.8) is 0 Å². The largest absolute Gasteiger partial charge is 0.396 e. The average Bonchev–Trinajstić information content (AvgIpc) is 2.97. The summed E-state index contributed by atoms with van der Waals surface area (Å²) in [5.41, 5.74) is 0.995. The fraction of sp³-hybridized carbons (Fsp3) is 0.800. The fourth-order valence-electron chi connectivity index (χ4n) is 4.50. The number of nitrogens with zero attached hydrogens (tertiary/aromatic N) is 4. The third-order valence-corrected chi connectivity index (χ3v) is 7.17. The number of aliphatic hydroxyl groups excluding tert-OH is 1. The number of hydrogen-bond acceptors (Lipinski definition) is 6. The topological polar surface area (TPSA) is 59.9 Å². The molecule has 1 aromatic rings. The van der Waals surface area contributed by atoms with E-state index >= 15 is 0 Å². The van der Waals surface area contributed by atoms with Gasteiger partial charge in [0.1, 0.15) is 0 Å². The second-order valence-corrected chi connectivity index (χ2v) is 9.37. The normalized spacial score (nSPS) is 25.1. The zero-order chi connectivity index (χ0) is 19.4. The van der Waals surface area contributed by atoms with Crippen LogP contribution in [0.5, 0.6) is 0 Å². The lowest BCUT2D eigenvalue weighted by Gasteiger charge is -2.46. The first-order valence-corrected chi connectivity index (χ1v) is 11.0. The first-order chi connectivity index (χ1) is 13.0. The van der Waals surface area contributed by atoms with Gasteiger partial charge in [0.25, 0.3) is 0 Å². The van der Waals surface area contributed by atoms with Crippen LogP contribution >= 0.6 is 11.3 Å². The van der Waals surface area contributed by atoms with Crippen molar-refractivity contribution in [2.75, 3.05) is 52.9 Å². The first kappa shape index (κ1) is 20.7. The molecule has 2 saturated heterocycles. The molecule has 152 valence electrons. The summed E-state index contributed by atoms with van der Waals surface area (Å²) < 4.78 is 0. The summed E-state index contributed by atoms with van der Waals surface area (Å²) in [4.78, 5) is 25.5. The Morgan fingerprint density at radius 3 is 2.59 bits per heavy atom. The van der Waals surface area contributed by atoms with Crippen molar-refractivity contribution in [1.82, 2.24) is 19.7 Å². The molecule has 1 amide bonds. The molecule has 1 aromatic heterocycles. The van der Waals surface area contributed by atoms with Crippen LogP contribution in [-0.2, 0) is 11.2 Å². The monoisotopic (exact) mass is 394 g/mol. The summed E-state index contributed by atoms with van der Waals surface area (Å²) in [5.74, 6) is 0.690. The maximum Gasteiger partial charge on any atom is 0.227 e. The lowest BCUT2D eigenvalue weighted by molar-refractivity contribution is -0.133. The molecule has 2 aliphatic heterocycles. The van der Waals surface area contributed by atoms with E-state index in [0.29, 0.717) is 18.4 Å². The number of aliphatic hydroxyl groups is 1. The first-order valence-electron chi connectivity index (χ1n) is 10.2. The van der Waals surface area contributed by atoms with Crippen molar-refractivity contribution >= 4 is 17.2 Å². The standard InChI is InChI=1S/C20H34N4O2S/c1-15-19(27-16(2)21-15)13-20(26)24-7-6-18(17(14-24)5-4-12-25)23-10-8-22(3)9-11-23/h17-18,25H,4-14H2,1-3H3/t17-,18+/m1/s1. The van der Waals surface area contributed by atoms with Gasteiger partial charge in [-0.2, -0.15) is 0 Å². The molecular weight excluding hydrogens is 360 g/mol. The second kappa shape index (κ2) is 9.45. The SMILES string of the molecule is Cc1nc(C)c(CC(=O)N2CC[C@H](N3CCN(C)CC3)[C@H](CCCO)C2)s1. The van der Waals surface area contributed by atoms with Crippen molar-refractivity contribution in [3.05, 3.63) is 15.6 Å². The number of thiazole rings is 1. The Morgan fingerprint density at radius 1 is 1.22 bits per heavy atom. The Hall–Kier alpha value is -1.02. The number of aryl methyl sites for hydroxylation is 2. The molecule has 0 bridgehead atoms. The van der Waals surface area contributed by atoms with Crippen molar-refractivity contribution in [1.29, 1.82) is 0 Å². The molecular formula is C20H34N4O2S. The van der Waals surface area contributed by atoms with Gasteiger partial charge in [-0.3, -0.25) is 9.69 Å². The molecule has 0 aromatic carbocycles. The number of likely N-dealkylation sites (N-methyl/N-ethyl adjacent to an activating group) is 1. The Morgan fingerprint density at radius 2 is 1.96 bits per heavy atom. The van der Waals surface area contributed by atoms with E-state index in [2.05, 4.69) is 26.7 Å². The molecule has 3 heterocycles. The molecule has 1 N–H and O–H groups in total. The zero-order valence-electron chi connectivity index (χ0n) is 17.0. The predicted molar refractivity (Wildman–Crippen MR) is 109 cm³/mol. The Balaban J connectivity index is 1.62. The van der Waals surface area contributed by atoms with Crippen LogP contribution < -0.4 is 0 Å². The minimum absolute atomic E-state index is 0.229. The number of carbonyl (C=O) groups is 1. The highest BCUT2D eigenvalue weighted by Gasteiger charge is 2.35. The van der Waals surface area contributed by atoms with Crippen molar-refractivity contribution < 1.29 is 9.90 Å². The van der Waals surface area contributed by atoms with Gasteiger partial charge in [-0.25, -0.2) is 4.98 Å². The number of aromatic nitrogens is 1.